The Bertz CT molecular complexity index is 2190. The molecule has 0 spiro atoms. The molecule has 0 aromatic heterocycles. The summed E-state index contributed by atoms with van der Waals surface area (Å²) in [6.45, 7) is 14.7. The van der Waals surface area contributed by atoms with Gasteiger partial charge in [0, 0.05) is 65.4 Å². The summed E-state index contributed by atoms with van der Waals surface area (Å²) in [5.41, 5.74) is 17.6. The van der Waals surface area contributed by atoms with Crippen molar-refractivity contribution in [3.8, 4) is 0 Å². The molecule has 0 aromatic rings. The zero-order chi connectivity index (χ0) is 81.5. The maximum absolute atomic E-state index is 15.5. The molecule has 7 N–H and O–H groups in total. The summed E-state index contributed by atoms with van der Waals surface area (Å²) in [6.07, 6.45) is 66.2. The van der Waals surface area contributed by atoms with E-state index >= 15 is 19.2 Å². The van der Waals surface area contributed by atoms with Crippen LogP contribution in [-0.4, -0.2) is 199 Å². The maximum atomic E-state index is 15.5. The topological polar surface area (TPSA) is 249 Å². The van der Waals surface area contributed by atoms with E-state index in [2.05, 4.69) is 46.9 Å². The molecule has 0 heterocycles. The summed E-state index contributed by atoms with van der Waals surface area (Å²) in [4.78, 5) is 128. The standard InChI is InChI=1S/C92H181N11O8/c1-7-13-19-25-31-37-43-49-55-61-70-97(78-85(95)104)87(106)79-98(71-62-56-50-44-38-32-26-20-14-8-2)88(107)80-99(72-63-57-51-45-39-33-27-21-15-9-3)89(108)81-100(73-64-58-52-46-40-34-28-22-16-10-4)90(109)82-101(74-65-59-53-47-41-35-29-23-17-11-5)91(110)83-102(75-66-60-54-48-42-36-30-24-18-12-6)92(111)84-103(76-68-94)86(105)77-96-69-67-93/h96H,7-84,93-94H2,1-6H3,(H2,95,104). The number of amides is 8. The normalized spacial score (nSPS) is 11.4. The van der Waals surface area contributed by atoms with E-state index in [9.17, 15) is 19.2 Å². The van der Waals surface area contributed by atoms with Crippen molar-refractivity contribution in [1.82, 2.24) is 39.6 Å². The van der Waals surface area contributed by atoms with Crippen molar-refractivity contribution in [2.45, 2.75) is 427 Å². The highest BCUT2D eigenvalue weighted by molar-refractivity contribution is 5.93. The summed E-state index contributed by atoms with van der Waals surface area (Å²) in [5, 5.41) is 3.06. The molecule has 652 valence electrons. The van der Waals surface area contributed by atoms with Crippen LogP contribution in [-0.2, 0) is 38.4 Å². The molecular formula is C92H181N11O8. The fourth-order valence-electron chi connectivity index (χ4n) is 15.1. The predicted octanol–water partition coefficient (Wildman–Crippen LogP) is 19.3. The number of hydrogen-bond acceptors (Lipinski definition) is 11. The van der Waals surface area contributed by atoms with Gasteiger partial charge in [0.1, 0.15) is 0 Å². The van der Waals surface area contributed by atoms with Gasteiger partial charge in [0.2, 0.25) is 47.3 Å². The average molecular weight is 1570 g/mol. The highest BCUT2D eigenvalue weighted by Gasteiger charge is 2.31. The summed E-state index contributed by atoms with van der Waals surface area (Å²) in [5.74, 6) is -2.95. The first-order valence-electron chi connectivity index (χ1n) is 47.5. The second-order valence-corrected chi connectivity index (χ2v) is 33.0. The van der Waals surface area contributed by atoms with Crippen LogP contribution in [0.1, 0.15) is 427 Å². The van der Waals surface area contributed by atoms with Crippen LogP contribution in [0.2, 0.25) is 0 Å². The highest BCUT2D eigenvalue weighted by Crippen LogP contribution is 2.20. The number of unbranched alkanes of at least 4 members (excludes halogenated alkanes) is 54. The van der Waals surface area contributed by atoms with E-state index in [1.54, 1.807) is 24.5 Å². The van der Waals surface area contributed by atoms with Crippen molar-refractivity contribution in [3.05, 3.63) is 0 Å². The number of hydrogen-bond donors (Lipinski definition) is 4. The second kappa shape index (κ2) is 80.8. The minimum absolute atomic E-state index is 0.000917. The Morgan fingerprint density at radius 1 is 0.198 bits per heavy atom. The lowest BCUT2D eigenvalue weighted by Gasteiger charge is -2.32. The number of nitrogens with two attached hydrogens (primary N) is 3. The van der Waals surface area contributed by atoms with Crippen molar-refractivity contribution in [3.63, 3.8) is 0 Å². The summed E-state index contributed by atoms with van der Waals surface area (Å²) < 4.78 is 0. The predicted molar refractivity (Wildman–Crippen MR) is 467 cm³/mol. The first kappa shape index (κ1) is 107. The van der Waals surface area contributed by atoms with Crippen LogP contribution in [0.3, 0.4) is 0 Å². The van der Waals surface area contributed by atoms with Gasteiger partial charge in [0.25, 0.3) is 0 Å². The molecule has 0 rings (SSSR count). The lowest BCUT2D eigenvalue weighted by molar-refractivity contribution is -0.148. The Balaban J connectivity index is 7.70. The molecule has 0 aliphatic rings. The Kier molecular flexibility index (Phi) is 77.6. The number of carbonyl (C=O) groups excluding carboxylic acids is 8. The number of nitrogens with zero attached hydrogens (tertiary/aromatic N) is 7. The molecule has 0 aliphatic heterocycles. The van der Waals surface area contributed by atoms with E-state index in [0.29, 0.717) is 84.5 Å². The minimum atomic E-state index is -0.598. The van der Waals surface area contributed by atoms with Crippen LogP contribution in [0.5, 0.6) is 0 Å². The average Bonchev–Trinajstić information content (AvgIpc) is 0.871. The molecule has 0 radical (unpaired) electrons. The largest absolute Gasteiger partial charge is 0.368 e. The molecule has 0 bridgehead atoms. The van der Waals surface area contributed by atoms with E-state index in [0.717, 1.165) is 148 Å². The minimum Gasteiger partial charge on any atom is -0.368 e. The smallest absolute Gasteiger partial charge is 0.242 e. The van der Waals surface area contributed by atoms with Crippen LogP contribution in [0.25, 0.3) is 0 Å². The van der Waals surface area contributed by atoms with Gasteiger partial charge in [-0.25, -0.2) is 0 Å². The number of rotatable bonds is 86. The van der Waals surface area contributed by atoms with E-state index in [-0.39, 0.29) is 107 Å². The van der Waals surface area contributed by atoms with Crippen molar-refractivity contribution in [2.24, 2.45) is 17.2 Å². The zero-order valence-corrected chi connectivity index (χ0v) is 73.8. The van der Waals surface area contributed by atoms with Crippen LogP contribution in [0, 0.1) is 0 Å². The van der Waals surface area contributed by atoms with Gasteiger partial charge in [-0.3, -0.25) is 38.4 Å². The number of nitrogens with one attached hydrogen (secondary N) is 1. The lowest BCUT2D eigenvalue weighted by atomic mass is 10.1. The van der Waals surface area contributed by atoms with Gasteiger partial charge in [0.05, 0.1) is 52.4 Å². The van der Waals surface area contributed by atoms with Gasteiger partial charge < -0.3 is 56.8 Å². The van der Waals surface area contributed by atoms with E-state index in [4.69, 9.17) is 17.2 Å². The Morgan fingerprint density at radius 2 is 0.351 bits per heavy atom. The molecule has 0 saturated carbocycles. The molecule has 8 amide bonds. The zero-order valence-electron chi connectivity index (χ0n) is 73.8. The monoisotopic (exact) mass is 1570 g/mol. The summed E-state index contributed by atoms with van der Waals surface area (Å²) in [6, 6.07) is 0. The van der Waals surface area contributed by atoms with E-state index in [1.165, 1.54) is 215 Å². The molecule has 0 atom stereocenters. The molecule has 0 fully saturated rings. The molecule has 111 heavy (non-hydrogen) atoms. The summed E-state index contributed by atoms with van der Waals surface area (Å²) in [7, 11) is 0. The third-order valence-electron chi connectivity index (χ3n) is 22.5. The first-order chi connectivity index (χ1) is 54.2. The van der Waals surface area contributed by atoms with Gasteiger partial charge in [0.15, 0.2) is 0 Å². The van der Waals surface area contributed by atoms with E-state index < -0.39 is 5.91 Å². The van der Waals surface area contributed by atoms with Crippen LogP contribution in [0.15, 0.2) is 0 Å². The van der Waals surface area contributed by atoms with Crippen LogP contribution >= 0.6 is 0 Å². The van der Waals surface area contributed by atoms with E-state index in [1.807, 2.05) is 0 Å². The molecule has 0 unspecified atom stereocenters. The molecule has 0 aromatic carbocycles. The molecule has 0 saturated heterocycles. The molecule has 19 heteroatoms. The Hall–Kier alpha value is -4.36. The van der Waals surface area contributed by atoms with Gasteiger partial charge in [-0.05, 0) is 38.5 Å². The second-order valence-electron chi connectivity index (χ2n) is 33.0. The van der Waals surface area contributed by atoms with Gasteiger partial charge in [-0.2, -0.15) is 0 Å². The fraction of sp³-hybridized carbons (Fsp3) is 0.913. The van der Waals surface area contributed by atoms with Crippen molar-refractivity contribution >= 4 is 47.3 Å². The third-order valence-corrected chi connectivity index (χ3v) is 22.5. The Labute approximate surface area is 683 Å². The first-order valence-corrected chi connectivity index (χ1v) is 47.5. The number of carbonyl (C=O) groups is 8. The fourth-order valence-corrected chi connectivity index (χ4v) is 15.1. The third kappa shape index (κ3) is 65.5. The maximum Gasteiger partial charge on any atom is 0.242 e. The van der Waals surface area contributed by atoms with Crippen molar-refractivity contribution in [1.29, 1.82) is 0 Å². The quantitative estimate of drug-likeness (QED) is 0.0417. The van der Waals surface area contributed by atoms with Crippen molar-refractivity contribution < 1.29 is 38.4 Å². The van der Waals surface area contributed by atoms with Gasteiger partial charge in [-0.1, -0.05) is 388 Å². The molecular weight excluding hydrogens is 1390 g/mol. The Morgan fingerprint density at radius 3 is 0.505 bits per heavy atom. The van der Waals surface area contributed by atoms with Gasteiger partial charge >= 0.3 is 0 Å². The van der Waals surface area contributed by atoms with Crippen molar-refractivity contribution in [2.75, 3.05) is 118 Å². The SMILES string of the molecule is CCCCCCCCCCCCN(CC(N)=O)C(=O)CN(CCCCCCCCCCCC)C(=O)CN(CCCCCCCCCCCC)C(=O)CN(CCCCCCCCCCCC)C(=O)CN(CCCCCCCCCCCC)C(=O)CN(CCCCCCCCCCCC)C(=O)CN(CCN)C(=O)CNCCN. The lowest BCUT2D eigenvalue weighted by Crippen LogP contribution is -2.53. The summed E-state index contributed by atoms with van der Waals surface area (Å²) >= 11 is 0. The van der Waals surface area contributed by atoms with Crippen LogP contribution < -0.4 is 22.5 Å². The van der Waals surface area contributed by atoms with Gasteiger partial charge in [-0.15, -0.1) is 0 Å². The van der Waals surface area contributed by atoms with Crippen LogP contribution in [0.4, 0.5) is 0 Å². The number of primary amides is 1. The highest BCUT2D eigenvalue weighted by atomic mass is 16.2. The molecule has 19 nitrogen and oxygen atoms in total. The molecule has 0 aliphatic carbocycles.